The molecule has 2 heterocycles. The van der Waals surface area contributed by atoms with Crippen LogP contribution in [-0.4, -0.2) is 29.5 Å². The quantitative estimate of drug-likeness (QED) is 0.764. The van der Waals surface area contributed by atoms with E-state index in [1.807, 2.05) is 28.9 Å². The molecule has 1 aromatic carbocycles. The molecule has 26 heavy (non-hydrogen) atoms. The largest absolute Gasteiger partial charge is 0.497 e. The number of nitrogens with zero attached hydrogens (tertiary/aromatic N) is 2. The van der Waals surface area contributed by atoms with Gasteiger partial charge in [-0.2, -0.15) is 4.68 Å². The van der Waals surface area contributed by atoms with Crippen molar-refractivity contribution in [3.8, 4) is 5.75 Å². The summed E-state index contributed by atoms with van der Waals surface area (Å²) in [5, 5.41) is 8.97. The molecule has 7 heteroatoms. The van der Waals surface area contributed by atoms with E-state index in [1.165, 1.54) is 45.1 Å². The molecule has 2 aromatic rings. The fraction of sp³-hybridized carbons (Fsp3) is 0.579. The van der Waals surface area contributed by atoms with Crippen LogP contribution in [0, 0.1) is 9.87 Å². The zero-order chi connectivity index (χ0) is 17.9. The lowest BCUT2D eigenvalue weighted by atomic mass is 9.78. The molecule has 0 radical (unpaired) electrons. The average Bonchev–Trinajstić information content (AvgIpc) is 3.01. The topological polar surface area (TPSA) is 43.5 Å². The van der Waals surface area contributed by atoms with Crippen LogP contribution in [0.4, 0.5) is 10.8 Å². The highest BCUT2D eigenvalue weighted by Gasteiger charge is 2.36. The van der Waals surface area contributed by atoms with Gasteiger partial charge < -0.3 is 15.0 Å². The van der Waals surface area contributed by atoms with E-state index in [0.29, 0.717) is 0 Å². The maximum absolute atomic E-state index is 5.59. The molecule has 2 N–H and O–H groups in total. The first-order valence-electron chi connectivity index (χ1n) is 9.56. The Labute approximate surface area is 164 Å². The predicted molar refractivity (Wildman–Crippen MR) is 108 cm³/mol. The third-order valence-electron chi connectivity index (χ3n) is 5.81. The van der Waals surface area contributed by atoms with Crippen molar-refractivity contribution in [2.24, 2.45) is 5.92 Å². The Morgan fingerprint density at radius 3 is 2.81 bits per heavy atom. The third-order valence-corrected chi connectivity index (χ3v) is 7.03. The molecule has 140 valence electrons. The number of aromatic nitrogens is 2. The van der Waals surface area contributed by atoms with Crippen LogP contribution in [0.1, 0.15) is 38.5 Å². The number of hydrogen-bond donors (Lipinski definition) is 2. The summed E-state index contributed by atoms with van der Waals surface area (Å²) in [6.45, 7) is 2.16. The first-order chi connectivity index (χ1) is 12.7. The molecule has 4 rings (SSSR count). The van der Waals surface area contributed by atoms with Crippen molar-refractivity contribution in [2.45, 2.75) is 51.2 Å². The fourth-order valence-electron chi connectivity index (χ4n) is 4.51. The van der Waals surface area contributed by atoms with Gasteiger partial charge in [0.15, 0.2) is 10.6 Å². The van der Waals surface area contributed by atoms with Gasteiger partial charge in [-0.1, -0.05) is 17.8 Å². The molecule has 2 fully saturated rings. The molecule has 2 aliphatic rings. The van der Waals surface area contributed by atoms with Crippen molar-refractivity contribution in [3.63, 3.8) is 0 Å². The van der Waals surface area contributed by atoms with Gasteiger partial charge >= 0.3 is 0 Å². The highest BCUT2D eigenvalue weighted by atomic mass is 32.1. The second-order valence-electron chi connectivity index (χ2n) is 7.39. The van der Waals surface area contributed by atoms with Crippen LogP contribution in [0.25, 0.3) is 0 Å². The number of quaternary nitrogens is 1. The summed E-state index contributed by atoms with van der Waals surface area (Å²) in [5.74, 6) is 1.77. The second-order valence-corrected chi connectivity index (χ2v) is 9.01. The molecule has 0 amide bonds. The van der Waals surface area contributed by atoms with Crippen LogP contribution in [0.3, 0.4) is 0 Å². The molecule has 3 atom stereocenters. The summed E-state index contributed by atoms with van der Waals surface area (Å²) in [4.78, 5) is 1.68. The van der Waals surface area contributed by atoms with Gasteiger partial charge in [-0.05, 0) is 68.6 Å². The number of nitrogens with one attached hydrogen (secondary N) is 2. The van der Waals surface area contributed by atoms with Crippen molar-refractivity contribution in [2.75, 3.05) is 19.0 Å². The molecule has 1 aliphatic heterocycles. The summed E-state index contributed by atoms with van der Waals surface area (Å²) in [5.41, 5.74) is 0.999. The van der Waals surface area contributed by atoms with Gasteiger partial charge in [0.25, 0.3) is 0 Å². The molecule has 5 nitrogen and oxygen atoms in total. The van der Waals surface area contributed by atoms with E-state index in [1.54, 1.807) is 23.3 Å². The van der Waals surface area contributed by atoms with E-state index in [4.69, 9.17) is 22.1 Å². The van der Waals surface area contributed by atoms with Gasteiger partial charge in [0.1, 0.15) is 5.75 Å². The lowest BCUT2D eigenvalue weighted by Gasteiger charge is -2.40. The highest BCUT2D eigenvalue weighted by molar-refractivity contribution is 7.73. The molecular weight excluding hydrogens is 364 g/mol. The molecule has 1 aliphatic carbocycles. The number of benzene rings is 1. The number of fused-ring (bicyclic) bond motifs is 1. The van der Waals surface area contributed by atoms with Crippen LogP contribution in [-0.2, 0) is 6.67 Å². The third kappa shape index (κ3) is 3.94. The fourth-order valence-corrected chi connectivity index (χ4v) is 5.54. The second kappa shape index (κ2) is 8.06. The van der Waals surface area contributed by atoms with Crippen molar-refractivity contribution in [1.82, 2.24) is 9.78 Å². The summed E-state index contributed by atoms with van der Waals surface area (Å²) < 4.78 is 8.09. The minimum absolute atomic E-state index is 0.805. The van der Waals surface area contributed by atoms with Crippen LogP contribution < -0.4 is 15.0 Å². The molecule has 1 saturated carbocycles. The first-order valence-corrected chi connectivity index (χ1v) is 10.8. The molecule has 0 bridgehead atoms. The van der Waals surface area contributed by atoms with Gasteiger partial charge in [0.2, 0.25) is 5.13 Å². The van der Waals surface area contributed by atoms with Gasteiger partial charge in [0.05, 0.1) is 19.7 Å². The zero-order valence-electron chi connectivity index (χ0n) is 15.2. The minimum Gasteiger partial charge on any atom is -0.497 e. The molecular formula is C19H27N4OS2+. The lowest BCUT2D eigenvalue weighted by Crippen LogP contribution is -3.17. The number of methoxy groups -OCH3 is 1. The number of piperidine rings is 1. The molecule has 0 spiro atoms. The number of likely N-dealkylation sites (tertiary alicyclic amines) is 1. The van der Waals surface area contributed by atoms with Crippen LogP contribution in [0.2, 0.25) is 0 Å². The summed E-state index contributed by atoms with van der Waals surface area (Å²) in [7, 11) is 1.68. The standard InChI is InChI=1S/C19H26N4OS2/c1-24-16-10-8-15(9-11-16)20-18-21-23(19(25)26-18)13-22-12-4-6-14-5-2-3-7-17(14)22/h8-11,14,17H,2-7,12-13H2,1H3,(H,20,21)/p+1/t14-,17-/m0/s1. The maximum atomic E-state index is 5.59. The highest BCUT2D eigenvalue weighted by Crippen LogP contribution is 2.28. The predicted octanol–water partition coefficient (Wildman–Crippen LogP) is 3.62. The van der Waals surface area contributed by atoms with E-state index >= 15 is 0 Å². The van der Waals surface area contributed by atoms with E-state index in [-0.39, 0.29) is 0 Å². The zero-order valence-corrected chi connectivity index (χ0v) is 16.9. The Bertz CT molecular complexity index is 784. The molecule has 1 unspecified atom stereocenters. The van der Waals surface area contributed by atoms with Gasteiger partial charge in [-0.15, -0.1) is 5.10 Å². The van der Waals surface area contributed by atoms with Crippen LogP contribution in [0.15, 0.2) is 24.3 Å². The van der Waals surface area contributed by atoms with E-state index in [9.17, 15) is 0 Å². The van der Waals surface area contributed by atoms with Gasteiger partial charge in [-0.3, -0.25) is 0 Å². The van der Waals surface area contributed by atoms with E-state index in [2.05, 4.69) is 5.32 Å². The first kappa shape index (κ1) is 17.9. The van der Waals surface area contributed by atoms with Crippen molar-refractivity contribution in [3.05, 3.63) is 28.2 Å². The number of hydrogen-bond acceptors (Lipinski definition) is 5. The normalized spacial score (nSPS) is 25.5. The van der Waals surface area contributed by atoms with Gasteiger partial charge in [0, 0.05) is 11.6 Å². The van der Waals surface area contributed by atoms with E-state index < -0.39 is 0 Å². The Morgan fingerprint density at radius 2 is 2.00 bits per heavy atom. The molecule has 1 saturated heterocycles. The lowest BCUT2D eigenvalue weighted by molar-refractivity contribution is -0.958. The Morgan fingerprint density at radius 1 is 1.23 bits per heavy atom. The van der Waals surface area contributed by atoms with Crippen molar-refractivity contribution in [1.29, 1.82) is 0 Å². The number of rotatable bonds is 5. The van der Waals surface area contributed by atoms with Crippen molar-refractivity contribution >= 4 is 34.4 Å². The average molecular weight is 392 g/mol. The Balaban J connectivity index is 1.45. The summed E-state index contributed by atoms with van der Waals surface area (Å²) in [6, 6.07) is 8.69. The maximum Gasteiger partial charge on any atom is 0.209 e. The van der Waals surface area contributed by atoms with E-state index in [0.717, 1.165) is 39.2 Å². The monoisotopic (exact) mass is 391 g/mol. The minimum atomic E-state index is 0.805. The summed E-state index contributed by atoms with van der Waals surface area (Å²) >= 11 is 7.14. The van der Waals surface area contributed by atoms with Crippen molar-refractivity contribution < 1.29 is 9.64 Å². The van der Waals surface area contributed by atoms with Crippen LogP contribution in [0.5, 0.6) is 5.75 Å². The number of anilines is 2. The smallest absolute Gasteiger partial charge is 0.209 e. The Kier molecular flexibility index (Phi) is 5.57. The summed E-state index contributed by atoms with van der Waals surface area (Å²) in [6.07, 6.45) is 8.35. The van der Waals surface area contributed by atoms with Crippen LogP contribution >= 0.6 is 23.6 Å². The van der Waals surface area contributed by atoms with Gasteiger partial charge in [-0.25, -0.2) is 0 Å². The molecule has 1 aromatic heterocycles. The SMILES string of the molecule is COc1ccc(Nc2nn(C[NH+]3CCC[C@@H]4CCCC[C@@H]43)c(=S)s2)cc1. The Hall–Kier alpha value is -1.44. The number of ether oxygens (including phenoxy) is 1.